The second-order valence-corrected chi connectivity index (χ2v) is 17.4. The van der Waals surface area contributed by atoms with E-state index in [2.05, 4.69) is 88.2 Å². The third-order valence-corrected chi connectivity index (χ3v) is 13.0. The summed E-state index contributed by atoms with van der Waals surface area (Å²) in [4.78, 5) is 72.0. The number of amides is 4. The van der Waals surface area contributed by atoms with E-state index in [-0.39, 0.29) is 41.3 Å². The maximum absolute atomic E-state index is 13.9. The van der Waals surface area contributed by atoms with E-state index in [9.17, 15) is 19.2 Å². The number of alkyl carbamates (subject to hydrolysis) is 2. The lowest BCUT2D eigenvalue weighted by atomic mass is 9.92. The minimum absolute atomic E-state index is 0.0530. The molecule has 320 valence electrons. The number of hydrogen-bond acceptors (Lipinski definition) is 8. The summed E-state index contributed by atoms with van der Waals surface area (Å²) < 4.78 is 9.56. The molecule has 3 aromatic carbocycles. The number of H-pyrrole nitrogens is 2. The fraction of sp³-hybridized carbons (Fsp3) is 0.447. The van der Waals surface area contributed by atoms with Gasteiger partial charge in [-0.3, -0.25) is 9.59 Å². The van der Waals surface area contributed by atoms with E-state index < -0.39 is 24.3 Å². The van der Waals surface area contributed by atoms with Crippen molar-refractivity contribution in [3.8, 4) is 33.6 Å². The second kappa shape index (κ2) is 17.1. The number of hydrogen-bond donors (Lipinski definition) is 4. The van der Waals surface area contributed by atoms with Crippen LogP contribution in [0.4, 0.5) is 9.59 Å². The number of nitrogens with zero attached hydrogens (tertiary/aromatic N) is 4. The van der Waals surface area contributed by atoms with Gasteiger partial charge in [0.05, 0.1) is 50.1 Å². The van der Waals surface area contributed by atoms with Gasteiger partial charge < -0.3 is 39.9 Å². The molecule has 0 radical (unpaired) electrons. The van der Waals surface area contributed by atoms with E-state index >= 15 is 0 Å². The van der Waals surface area contributed by atoms with Crippen molar-refractivity contribution in [1.82, 2.24) is 40.4 Å². The van der Waals surface area contributed by atoms with Crippen LogP contribution in [-0.4, -0.2) is 92.6 Å². The average Bonchev–Trinajstić information content (AvgIpc) is 3.61. The number of ether oxygens (including phenoxy) is 2. The van der Waals surface area contributed by atoms with Crippen LogP contribution >= 0.6 is 0 Å². The smallest absolute Gasteiger partial charge is 0.407 e. The van der Waals surface area contributed by atoms with Crippen LogP contribution in [0.3, 0.4) is 0 Å². The van der Waals surface area contributed by atoms with Crippen molar-refractivity contribution in [1.29, 1.82) is 0 Å². The van der Waals surface area contributed by atoms with Crippen LogP contribution in [-0.2, 0) is 19.1 Å². The molecule has 5 atom stereocenters. The number of methoxy groups -OCH3 is 2. The van der Waals surface area contributed by atoms with E-state index in [0.717, 1.165) is 101 Å². The van der Waals surface area contributed by atoms with Crippen LogP contribution in [0.15, 0.2) is 73.1 Å². The van der Waals surface area contributed by atoms with E-state index in [1.165, 1.54) is 14.2 Å². The summed E-state index contributed by atoms with van der Waals surface area (Å²) in [6.07, 6.45) is 8.93. The molecule has 8 rings (SSSR count). The van der Waals surface area contributed by atoms with E-state index in [1.54, 1.807) is 6.92 Å². The van der Waals surface area contributed by atoms with Crippen molar-refractivity contribution >= 4 is 34.8 Å². The van der Waals surface area contributed by atoms with E-state index in [1.807, 2.05) is 36.0 Å². The molecule has 3 aliphatic rings. The Kier molecular flexibility index (Phi) is 11.6. The maximum atomic E-state index is 13.9. The van der Waals surface area contributed by atoms with Crippen molar-refractivity contribution < 1.29 is 28.7 Å². The lowest BCUT2D eigenvalue weighted by Gasteiger charge is -2.42. The highest BCUT2D eigenvalue weighted by molar-refractivity contribution is 5.91. The Hall–Kier alpha value is -6.18. The van der Waals surface area contributed by atoms with Gasteiger partial charge in [-0.1, -0.05) is 69.3 Å². The van der Waals surface area contributed by atoms with Gasteiger partial charge in [0.25, 0.3) is 0 Å². The third kappa shape index (κ3) is 8.44. The van der Waals surface area contributed by atoms with Crippen LogP contribution in [0.25, 0.3) is 44.4 Å². The molecule has 0 bridgehead atoms. The number of likely N-dealkylation sites (tertiary alicyclic amines) is 2. The number of fused-ring (bicyclic) bond motifs is 1. The number of imidazole rings is 2. The molecule has 5 aromatic rings. The third-order valence-electron chi connectivity index (χ3n) is 13.0. The van der Waals surface area contributed by atoms with Gasteiger partial charge >= 0.3 is 12.2 Å². The van der Waals surface area contributed by atoms with Crippen molar-refractivity contribution in [2.45, 2.75) is 103 Å². The van der Waals surface area contributed by atoms with Gasteiger partial charge in [0, 0.05) is 18.2 Å². The highest BCUT2D eigenvalue weighted by atomic mass is 16.5. The number of carbonyl (C=O) groups is 4. The fourth-order valence-electron chi connectivity index (χ4n) is 9.29. The van der Waals surface area contributed by atoms with Gasteiger partial charge in [-0.15, -0.1) is 0 Å². The molecule has 14 heteroatoms. The van der Waals surface area contributed by atoms with Crippen molar-refractivity contribution in [3.63, 3.8) is 0 Å². The number of piperidine rings is 1. The highest BCUT2D eigenvalue weighted by Gasteiger charge is 2.55. The molecule has 1 saturated carbocycles. The lowest BCUT2D eigenvalue weighted by molar-refractivity contribution is -0.140. The van der Waals surface area contributed by atoms with Crippen LogP contribution in [0.1, 0.15) is 96.4 Å². The first-order valence-corrected chi connectivity index (χ1v) is 21.5. The highest BCUT2D eigenvalue weighted by Crippen LogP contribution is 2.58. The minimum Gasteiger partial charge on any atom is -0.453 e. The Morgan fingerprint density at radius 2 is 1.33 bits per heavy atom. The standard InChI is InChI=1S/C47H56N8O6/c1-7-35-9-8-10-38(55(35)43(56)28(4)50-45(58)60-5)41-48-24-36(51-41)30-13-11-29(12-14-30)31-15-16-33-22-34(18-17-32(33)21-31)37-25-49-42(52-37)39-23-47(19-20-47)26-54(39)44(57)40(27(2)3)53-46(59)61-6/h11-18,21-22,24-25,27-28,35,38-40H,7-10,19-20,23,26H2,1-6H3,(H,48,51)(H,49,52)(H,50,58)(H,53,59)/t28-,35-,38-,39-,40-/m0/s1. The molecule has 14 nitrogen and oxygen atoms in total. The molecular weight excluding hydrogens is 773 g/mol. The number of nitrogens with one attached hydrogen (secondary N) is 4. The fourth-order valence-corrected chi connectivity index (χ4v) is 9.29. The SMILES string of the molecule is CC[C@H]1CCC[C@@H](c2ncc(-c3ccc(-c4ccc5cc(-c6cnc([C@@H]7CC8(CC8)CN7C(=O)[C@@H](NC(=O)OC)C(C)C)[nH]6)ccc5c4)cc3)[nH]2)N1C(=O)[C@H](C)NC(=O)OC. The summed E-state index contributed by atoms with van der Waals surface area (Å²) >= 11 is 0. The summed E-state index contributed by atoms with van der Waals surface area (Å²) in [7, 11) is 2.59. The van der Waals surface area contributed by atoms with Gasteiger partial charge in [-0.25, -0.2) is 19.6 Å². The Balaban J connectivity index is 0.963. The number of rotatable bonds is 11. The zero-order valence-electron chi connectivity index (χ0n) is 35.8. The Labute approximate surface area is 356 Å². The molecule has 4 heterocycles. The summed E-state index contributed by atoms with van der Waals surface area (Å²) in [5.41, 5.74) is 6.05. The maximum Gasteiger partial charge on any atom is 0.407 e. The zero-order chi connectivity index (χ0) is 43.0. The second-order valence-electron chi connectivity index (χ2n) is 17.4. The Morgan fingerprint density at radius 1 is 0.754 bits per heavy atom. The van der Waals surface area contributed by atoms with Crippen LogP contribution in [0.5, 0.6) is 0 Å². The molecule has 3 fully saturated rings. The van der Waals surface area contributed by atoms with Gasteiger partial charge in [-0.05, 0) is 103 Å². The van der Waals surface area contributed by atoms with Gasteiger partial charge in [0.15, 0.2) is 0 Å². The van der Waals surface area contributed by atoms with Crippen molar-refractivity contribution in [2.75, 3.05) is 20.8 Å². The topological polar surface area (TPSA) is 175 Å². The summed E-state index contributed by atoms with van der Waals surface area (Å²) in [6, 6.07) is 19.4. The predicted molar refractivity (Wildman–Crippen MR) is 232 cm³/mol. The van der Waals surface area contributed by atoms with Crippen molar-refractivity contribution in [3.05, 3.63) is 84.7 Å². The summed E-state index contributed by atoms with van der Waals surface area (Å²) in [5, 5.41) is 7.59. The van der Waals surface area contributed by atoms with Gasteiger partial charge in [0.2, 0.25) is 11.8 Å². The largest absolute Gasteiger partial charge is 0.453 e. The predicted octanol–water partition coefficient (Wildman–Crippen LogP) is 8.30. The first-order chi connectivity index (χ1) is 29.4. The van der Waals surface area contributed by atoms with Crippen LogP contribution in [0.2, 0.25) is 0 Å². The van der Waals surface area contributed by atoms with Gasteiger partial charge in [-0.2, -0.15) is 0 Å². The first-order valence-electron chi connectivity index (χ1n) is 21.5. The quantitative estimate of drug-likeness (QED) is 0.103. The molecule has 2 aromatic heterocycles. The number of benzene rings is 3. The summed E-state index contributed by atoms with van der Waals surface area (Å²) in [6.45, 7) is 8.28. The average molecular weight is 829 g/mol. The molecule has 0 unspecified atom stereocenters. The molecule has 4 amide bonds. The van der Waals surface area contributed by atoms with Crippen LogP contribution < -0.4 is 10.6 Å². The molecule has 2 saturated heterocycles. The number of aromatic amines is 2. The van der Waals surface area contributed by atoms with Gasteiger partial charge in [0.1, 0.15) is 23.7 Å². The van der Waals surface area contributed by atoms with E-state index in [4.69, 9.17) is 19.4 Å². The molecule has 2 aliphatic heterocycles. The first kappa shape index (κ1) is 41.5. The van der Waals surface area contributed by atoms with E-state index in [0.29, 0.717) is 6.54 Å². The molecule has 1 spiro atoms. The summed E-state index contributed by atoms with van der Waals surface area (Å²) in [5.74, 6) is 1.14. The normalized spacial score (nSPS) is 20.4. The number of aromatic nitrogens is 4. The Bertz CT molecular complexity index is 2420. The molecule has 61 heavy (non-hydrogen) atoms. The Morgan fingerprint density at radius 3 is 1.95 bits per heavy atom. The number of carbonyl (C=O) groups excluding carboxylic acids is 4. The van der Waals surface area contributed by atoms with Crippen LogP contribution in [0, 0.1) is 11.3 Å². The molecular formula is C47H56N8O6. The molecule has 4 N–H and O–H groups in total. The minimum atomic E-state index is -0.725. The molecule has 1 aliphatic carbocycles. The zero-order valence-corrected chi connectivity index (χ0v) is 35.8. The lowest BCUT2D eigenvalue weighted by Crippen LogP contribution is -2.53. The monoisotopic (exact) mass is 828 g/mol. The van der Waals surface area contributed by atoms with Crippen molar-refractivity contribution in [2.24, 2.45) is 11.3 Å².